The van der Waals surface area contributed by atoms with Crippen molar-refractivity contribution in [3.63, 3.8) is 0 Å². The van der Waals surface area contributed by atoms with Crippen LogP contribution >= 0.6 is 0 Å². The van der Waals surface area contributed by atoms with Crippen molar-refractivity contribution in [3.8, 4) is 0 Å². The van der Waals surface area contributed by atoms with E-state index in [4.69, 9.17) is 0 Å². The number of hydrogen-bond donors (Lipinski definition) is 0. The molecular formula is C12H14. The number of rotatable bonds is 4. The third-order valence-corrected chi connectivity index (χ3v) is 2.30. The van der Waals surface area contributed by atoms with E-state index in [0.29, 0.717) is 0 Å². The van der Waals surface area contributed by atoms with Crippen molar-refractivity contribution in [2.75, 3.05) is 0 Å². The lowest BCUT2D eigenvalue weighted by atomic mass is 10.1. The van der Waals surface area contributed by atoms with Crippen LogP contribution < -0.4 is 0 Å². The Kier molecular flexibility index (Phi) is 2.26. The maximum atomic E-state index is 2.32. The van der Waals surface area contributed by atoms with Gasteiger partial charge in [0.15, 0.2) is 0 Å². The molecular weight excluding hydrogens is 144 g/mol. The third kappa shape index (κ3) is 2.23. The zero-order valence-corrected chi connectivity index (χ0v) is 7.29. The molecule has 0 saturated carbocycles. The molecule has 0 aromatic heterocycles. The summed E-state index contributed by atoms with van der Waals surface area (Å²) in [4.78, 5) is 0. The molecule has 0 aliphatic heterocycles. The van der Waals surface area contributed by atoms with Crippen molar-refractivity contribution in [1.29, 1.82) is 0 Å². The summed E-state index contributed by atoms with van der Waals surface area (Å²) in [6.07, 6.45) is 7.47. The quantitative estimate of drug-likeness (QED) is 0.589. The molecule has 0 heterocycles. The summed E-state index contributed by atoms with van der Waals surface area (Å²) in [7, 11) is 0. The van der Waals surface area contributed by atoms with Crippen LogP contribution in [0.25, 0.3) is 0 Å². The first kappa shape index (κ1) is 7.60. The zero-order valence-electron chi connectivity index (χ0n) is 7.29. The van der Waals surface area contributed by atoms with Gasteiger partial charge in [0.25, 0.3) is 0 Å². The highest BCUT2D eigenvalue weighted by Crippen LogP contribution is 2.24. The second-order valence-corrected chi connectivity index (χ2v) is 3.41. The summed E-state index contributed by atoms with van der Waals surface area (Å²) in [5.74, 6) is 0. The predicted molar refractivity (Wildman–Crippen MR) is 52.1 cm³/mol. The van der Waals surface area contributed by atoms with Gasteiger partial charge in [-0.3, -0.25) is 0 Å². The van der Waals surface area contributed by atoms with E-state index < -0.39 is 0 Å². The smallest absolute Gasteiger partial charge is 0.0136 e. The van der Waals surface area contributed by atoms with Crippen molar-refractivity contribution in [2.24, 2.45) is 0 Å². The van der Waals surface area contributed by atoms with Crippen LogP contribution in [-0.4, -0.2) is 0 Å². The SMILES string of the molecule is C1=C(CCCc2ccccc2)C1. The predicted octanol–water partition coefficient (Wildman–Crippen LogP) is 3.34. The Morgan fingerprint density at radius 3 is 2.42 bits per heavy atom. The van der Waals surface area contributed by atoms with Gasteiger partial charge in [0, 0.05) is 0 Å². The van der Waals surface area contributed by atoms with Gasteiger partial charge in [0.2, 0.25) is 0 Å². The van der Waals surface area contributed by atoms with Gasteiger partial charge in [-0.15, -0.1) is 0 Å². The lowest BCUT2D eigenvalue weighted by molar-refractivity contribution is 0.825. The second kappa shape index (κ2) is 3.57. The van der Waals surface area contributed by atoms with Crippen LogP contribution in [0.15, 0.2) is 42.0 Å². The van der Waals surface area contributed by atoms with Gasteiger partial charge in [-0.25, -0.2) is 0 Å². The summed E-state index contributed by atoms with van der Waals surface area (Å²) in [5, 5.41) is 0. The third-order valence-electron chi connectivity index (χ3n) is 2.30. The highest BCUT2D eigenvalue weighted by molar-refractivity contribution is 5.22. The molecule has 0 spiro atoms. The van der Waals surface area contributed by atoms with Gasteiger partial charge in [-0.2, -0.15) is 0 Å². The van der Waals surface area contributed by atoms with Crippen LogP contribution in [0.2, 0.25) is 0 Å². The Hall–Kier alpha value is -1.04. The monoisotopic (exact) mass is 158 g/mol. The largest absolute Gasteiger partial charge is 0.0810 e. The molecule has 0 fully saturated rings. The first-order chi connectivity index (χ1) is 5.95. The molecule has 2 rings (SSSR count). The molecule has 0 atom stereocenters. The molecule has 0 amide bonds. The van der Waals surface area contributed by atoms with Crippen LogP contribution in [0.3, 0.4) is 0 Å². The minimum Gasteiger partial charge on any atom is -0.0810 e. The fourth-order valence-electron chi connectivity index (χ4n) is 1.44. The molecule has 62 valence electrons. The molecule has 1 aromatic carbocycles. The Morgan fingerprint density at radius 2 is 1.75 bits per heavy atom. The van der Waals surface area contributed by atoms with Gasteiger partial charge in [-0.05, 0) is 31.2 Å². The summed E-state index contributed by atoms with van der Waals surface area (Å²) in [6.45, 7) is 0. The second-order valence-electron chi connectivity index (χ2n) is 3.41. The van der Waals surface area contributed by atoms with Gasteiger partial charge in [0.05, 0.1) is 0 Å². The van der Waals surface area contributed by atoms with Crippen LogP contribution in [0.5, 0.6) is 0 Å². The van der Waals surface area contributed by atoms with E-state index in [9.17, 15) is 0 Å². The number of allylic oxidation sites excluding steroid dienone is 2. The maximum Gasteiger partial charge on any atom is -0.0136 e. The Morgan fingerprint density at radius 1 is 1.00 bits per heavy atom. The van der Waals surface area contributed by atoms with Crippen molar-refractivity contribution in [2.45, 2.75) is 25.7 Å². The highest BCUT2D eigenvalue weighted by Gasteiger charge is 2.05. The lowest BCUT2D eigenvalue weighted by Gasteiger charge is -1.98. The Bertz CT molecular complexity index is 269. The minimum atomic E-state index is 1.23. The highest BCUT2D eigenvalue weighted by atomic mass is 14.1. The normalized spacial score (nSPS) is 14.2. The molecule has 12 heavy (non-hydrogen) atoms. The molecule has 0 unspecified atom stereocenters. The molecule has 1 aliphatic rings. The van der Waals surface area contributed by atoms with Gasteiger partial charge in [-0.1, -0.05) is 42.0 Å². The van der Waals surface area contributed by atoms with Crippen LogP contribution in [-0.2, 0) is 6.42 Å². The standard InChI is InChI=1S/C12H14/c1-2-5-11(6-3-1)7-4-8-12-9-10-12/h1-3,5-6,9H,4,7-8,10H2. The number of hydrogen-bond acceptors (Lipinski definition) is 0. The first-order valence-electron chi connectivity index (χ1n) is 4.67. The van der Waals surface area contributed by atoms with E-state index in [1.807, 2.05) is 0 Å². The van der Waals surface area contributed by atoms with Crippen LogP contribution in [0.1, 0.15) is 24.8 Å². The first-order valence-corrected chi connectivity index (χ1v) is 4.67. The average molecular weight is 158 g/mol. The van der Waals surface area contributed by atoms with Crippen molar-refractivity contribution in [1.82, 2.24) is 0 Å². The van der Waals surface area contributed by atoms with Crippen molar-refractivity contribution in [3.05, 3.63) is 47.5 Å². The van der Waals surface area contributed by atoms with E-state index in [1.165, 1.54) is 31.2 Å². The van der Waals surface area contributed by atoms with Crippen molar-refractivity contribution < 1.29 is 0 Å². The molecule has 0 radical (unpaired) electrons. The molecule has 1 aromatic rings. The molecule has 0 saturated heterocycles. The number of benzene rings is 1. The van der Waals surface area contributed by atoms with Crippen molar-refractivity contribution >= 4 is 0 Å². The van der Waals surface area contributed by atoms with E-state index >= 15 is 0 Å². The summed E-state index contributed by atoms with van der Waals surface area (Å²) >= 11 is 0. The molecule has 1 aliphatic carbocycles. The topological polar surface area (TPSA) is 0 Å². The van der Waals surface area contributed by atoms with E-state index in [0.717, 1.165) is 0 Å². The van der Waals surface area contributed by atoms with Gasteiger partial charge in [0.1, 0.15) is 0 Å². The number of aryl methyl sites for hydroxylation is 1. The van der Waals surface area contributed by atoms with E-state index in [2.05, 4.69) is 36.4 Å². The molecule has 0 nitrogen and oxygen atoms in total. The molecule has 0 bridgehead atoms. The average Bonchev–Trinajstić information content (AvgIpc) is 2.90. The van der Waals surface area contributed by atoms with Gasteiger partial charge < -0.3 is 0 Å². The van der Waals surface area contributed by atoms with E-state index in [1.54, 1.807) is 5.57 Å². The van der Waals surface area contributed by atoms with Gasteiger partial charge >= 0.3 is 0 Å². The summed E-state index contributed by atoms with van der Waals surface area (Å²) in [6, 6.07) is 10.7. The Balaban J connectivity index is 1.75. The fraction of sp³-hybridized carbons (Fsp3) is 0.333. The Labute approximate surface area is 73.9 Å². The lowest BCUT2D eigenvalue weighted by Crippen LogP contribution is -1.83. The summed E-state index contributed by atoms with van der Waals surface area (Å²) in [5.41, 5.74) is 3.13. The summed E-state index contributed by atoms with van der Waals surface area (Å²) < 4.78 is 0. The molecule has 0 N–H and O–H groups in total. The van der Waals surface area contributed by atoms with Crippen LogP contribution in [0, 0.1) is 0 Å². The van der Waals surface area contributed by atoms with E-state index in [-0.39, 0.29) is 0 Å². The zero-order chi connectivity index (χ0) is 8.23. The minimum absolute atomic E-state index is 1.23. The fourth-order valence-corrected chi connectivity index (χ4v) is 1.44. The molecule has 0 heteroatoms. The maximum absolute atomic E-state index is 2.32. The van der Waals surface area contributed by atoms with Crippen LogP contribution in [0.4, 0.5) is 0 Å².